The van der Waals surface area contributed by atoms with Gasteiger partial charge in [0, 0.05) is 19.5 Å². The Hall–Kier alpha value is -2.82. The number of rotatable bonds is 4. The number of anilines is 1. The van der Waals surface area contributed by atoms with E-state index in [4.69, 9.17) is 4.74 Å². The molecule has 1 saturated heterocycles. The summed E-state index contributed by atoms with van der Waals surface area (Å²) in [7, 11) is 0. The Balaban J connectivity index is 1.44. The van der Waals surface area contributed by atoms with E-state index >= 15 is 0 Å². The molecule has 26 heavy (non-hydrogen) atoms. The Kier molecular flexibility index (Phi) is 4.37. The van der Waals surface area contributed by atoms with E-state index in [9.17, 15) is 9.59 Å². The van der Waals surface area contributed by atoms with Crippen LogP contribution in [0.3, 0.4) is 0 Å². The number of nitrogens with zero attached hydrogens (tertiary/aromatic N) is 2. The minimum atomic E-state index is -0.104. The standard InChI is InChI=1S/C21H22N2O3/c1-15-13-23(21(15)16-7-3-2-4-8-16)19(24)11-12-22-17-9-5-6-10-18(17)26-14-20(22)25/h2-10,15,21H,11-14H2,1H3. The molecule has 0 saturated carbocycles. The smallest absolute Gasteiger partial charge is 0.265 e. The molecular formula is C21H22N2O3. The third-order valence-electron chi connectivity index (χ3n) is 5.18. The molecule has 0 aromatic heterocycles. The van der Waals surface area contributed by atoms with Crippen LogP contribution in [0.1, 0.15) is 24.9 Å². The molecule has 0 bridgehead atoms. The van der Waals surface area contributed by atoms with Gasteiger partial charge < -0.3 is 14.5 Å². The number of benzene rings is 2. The molecule has 2 heterocycles. The third-order valence-corrected chi connectivity index (χ3v) is 5.18. The van der Waals surface area contributed by atoms with Crippen LogP contribution in [0, 0.1) is 5.92 Å². The maximum Gasteiger partial charge on any atom is 0.265 e. The first-order valence-corrected chi connectivity index (χ1v) is 9.02. The monoisotopic (exact) mass is 350 g/mol. The highest BCUT2D eigenvalue weighted by atomic mass is 16.5. The first kappa shape index (κ1) is 16.6. The van der Waals surface area contributed by atoms with Crippen LogP contribution < -0.4 is 9.64 Å². The molecule has 0 radical (unpaired) electrons. The van der Waals surface area contributed by atoms with Crippen molar-refractivity contribution >= 4 is 17.5 Å². The molecule has 4 rings (SSSR count). The number of carbonyl (C=O) groups excluding carboxylic acids is 2. The lowest BCUT2D eigenvalue weighted by atomic mass is 9.84. The van der Waals surface area contributed by atoms with Crippen molar-refractivity contribution in [3.05, 3.63) is 60.2 Å². The Morgan fingerprint density at radius 2 is 1.85 bits per heavy atom. The van der Waals surface area contributed by atoms with Crippen molar-refractivity contribution in [2.75, 3.05) is 24.6 Å². The highest BCUT2D eigenvalue weighted by molar-refractivity contribution is 5.98. The summed E-state index contributed by atoms with van der Waals surface area (Å²) in [6.07, 6.45) is 0.316. The summed E-state index contributed by atoms with van der Waals surface area (Å²) in [6, 6.07) is 17.7. The zero-order chi connectivity index (χ0) is 18.1. The number of carbonyl (C=O) groups is 2. The van der Waals surface area contributed by atoms with Crippen LogP contribution in [0.4, 0.5) is 5.69 Å². The third kappa shape index (κ3) is 2.94. The number of hydrogen-bond donors (Lipinski definition) is 0. The number of hydrogen-bond acceptors (Lipinski definition) is 3. The minimum Gasteiger partial charge on any atom is -0.482 e. The molecule has 2 unspecified atom stereocenters. The van der Waals surface area contributed by atoms with Crippen LogP contribution in [-0.2, 0) is 9.59 Å². The van der Waals surface area contributed by atoms with Crippen molar-refractivity contribution in [3.63, 3.8) is 0 Å². The normalized spacial score (nSPS) is 21.7. The SMILES string of the molecule is CC1CN(C(=O)CCN2C(=O)COc3ccccc32)C1c1ccccc1. The minimum absolute atomic E-state index is 0.0264. The van der Waals surface area contributed by atoms with E-state index in [1.165, 1.54) is 5.56 Å². The predicted molar refractivity (Wildman–Crippen MR) is 99.0 cm³/mol. The molecule has 2 atom stereocenters. The number of para-hydroxylation sites is 2. The molecule has 134 valence electrons. The fourth-order valence-electron chi connectivity index (χ4n) is 3.86. The van der Waals surface area contributed by atoms with E-state index in [0.29, 0.717) is 24.6 Å². The summed E-state index contributed by atoms with van der Waals surface area (Å²) in [5.41, 5.74) is 1.92. The molecule has 2 aromatic rings. The van der Waals surface area contributed by atoms with Gasteiger partial charge in [-0.05, 0) is 23.6 Å². The van der Waals surface area contributed by atoms with E-state index in [1.54, 1.807) is 4.90 Å². The van der Waals surface area contributed by atoms with E-state index in [2.05, 4.69) is 19.1 Å². The first-order valence-electron chi connectivity index (χ1n) is 9.02. The molecule has 1 fully saturated rings. The molecule has 0 N–H and O–H groups in total. The van der Waals surface area contributed by atoms with Gasteiger partial charge in [0.15, 0.2) is 6.61 Å². The highest BCUT2D eigenvalue weighted by Gasteiger charge is 2.39. The van der Waals surface area contributed by atoms with Gasteiger partial charge in [-0.3, -0.25) is 9.59 Å². The lowest BCUT2D eigenvalue weighted by Gasteiger charge is -2.47. The average Bonchev–Trinajstić information content (AvgIpc) is 2.66. The molecule has 2 aliphatic heterocycles. The fraction of sp³-hybridized carbons (Fsp3) is 0.333. The molecule has 2 amide bonds. The van der Waals surface area contributed by atoms with E-state index in [1.807, 2.05) is 47.4 Å². The second-order valence-corrected chi connectivity index (χ2v) is 6.93. The van der Waals surface area contributed by atoms with Crippen LogP contribution in [0.25, 0.3) is 0 Å². The summed E-state index contributed by atoms with van der Waals surface area (Å²) in [6.45, 7) is 3.35. The maximum absolute atomic E-state index is 12.8. The molecule has 5 heteroatoms. The largest absolute Gasteiger partial charge is 0.482 e. The van der Waals surface area contributed by atoms with Gasteiger partial charge in [0.05, 0.1) is 11.7 Å². The second-order valence-electron chi connectivity index (χ2n) is 6.93. The zero-order valence-electron chi connectivity index (χ0n) is 14.8. The first-order chi connectivity index (χ1) is 12.6. The molecular weight excluding hydrogens is 328 g/mol. The van der Waals surface area contributed by atoms with E-state index in [-0.39, 0.29) is 24.5 Å². The summed E-state index contributed by atoms with van der Waals surface area (Å²) in [5.74, 6) is 1.13. The second kappa shape index (κ2) is 6.83. The Morgan fingerprint density at radius 1 is 1.12 bits per heavy atom. The van der Waals surface area contributed by atoms with Gasteiger partial charge in [-0.25, -0.2) is 0 Å². The molecule has 0 spiro atoms. The predicted octanol–water partition coefficient (Wildman–Crippen LogP) is 3.02. The Labute approximate surface area is 153 Å². The topological polar surface area (TPSA) is 49.9 Å². The van der Waals surface area contributed by atoms with Gasteiger partial charge >= 0.3 is 0 Å². The molecule has 0 aliphatic carbocycles. The van der Waals surface area contributed by atoms with Gasteiger partial charge in [-0.1, -0.05) is 49.4 Å². The van der Waals surface area contributed by atoms with Crippen molar-refractivity contribution in [2.45, 2.75) is 19.4 Å². The van der Waals surface area contributed by atoms with Crippen molar-refractivity contribution in [1.29, 1.82) is 0 Å². The van der Waals surface area contributed by atoms with Crippen LogP contribution in [-0.4, -0.2) is 36.4 Å². The van der Waals surface area contributed by atoms with Gasteiger partial charge in [0.25, 0.3) is 5.91 Å². The van der Waals surface area contributed by atoms with Crippen LogP contribution in [0.5, 0.6) is 5.75 Å². The van der Waals surface area contributed by atoms with E-state index < -0.39 is 0 Å². The molecule has 2 aliphatic rings. The fourth-order valence-corrected chi connectivity index (χ4v) is 3.86. The lowest BCUT2D eigenvalue weighted by Crippen LogP contribution is -2.52. The van der Waals surface area contributed by atoms with Crippen molar-refractivity contribution < 1.29 is 14.3 Å². The van der Waals surface area contributed by atoms with Gasteiger partial charge in [-0.15, -0.1) is 0 Å². The molecule has 2 aromatic carbocycles. The van der Waals surface area contributed by atoms with Gasteiger partial charge in [0.1, 0.15) is 5.75 Å². The van der Waals surface area contributed by atoms with E-state index in [0.717, 1.165) is 12.2 Å². The number of ether oxygens (including phenoxy) is 1. The summed E-state index contributed by atoms with van der Waals surface area (Å²) < 4.78 is 5.45. The van der Waals surface area contributed by atoms with Crippen LogP contribution in [0.15, 0.2) is 54.6 Å². The van der Waals surface area contributed by atoms with Crippen LogP contribution in [0.2, 0.25) is 0 Å². The average molecular weight is 350 g/mol. The quantitative estimate of drug-likeness (QED) is 0.852. The van der Waals surface area contributed by atoms with Crippen LogP contribution >= 0.6 is 0 Å². The maximum atomic E-state index is 12.8. The van der Waals surface area contributed by atoms with Gasteiger partial charge in [0.2, 0.25) is 5.91 Å². The van der Waals surface area contributed by atoms with Crippen molar-refractivity contribution in [2.24, 2.45) is 5.92 Å². The lowest BCUT2D eigenvalue weighted by molar-refractivity contribution is -0.143. The molecule has 5 nitrogen and oxygen atoms in total. The Morgan fingerprint density at radius 3 is 2.62 bits per heavy atom. The highest BCUT2D eigenvalue weighted by Crippen LogP contribution is 2.39. The Bertz CT molecular complexity index is 821. The number of likely N-dealkylation sites (tertiary alicyclic amines) is 1. The van der Waals surface area contributed by atoms with Crippen molar-refractivity contribution in [1.82, 2.24) is 4.90 Å². The number of amides is 2. The summed E-state index contributed by atoms with van der Waals surface area (Å²) in [4.78, 5) is 28.6. The van der Waals surface area contributed by atoms with Gasteiger partial charge in [-0.2, -0.15) is 0 Å². The summed E-state index contributed by atoms with van der Waals surface area (Å²) >= 11 is 0. The van der Waals surface area contributed by atoms with Crippen molar-refractivity contribution in [3.8, 4) is 5.75 Å². The zero-order valence-corrected chi connectivity index (χ0v) is 14.8. The summed E-state index contributed by atoms with van der Waals surface area (Å²) in [5, 5.41) is 0. The number of fused-ring (bicyclic) bond motifs is 1.